The van der Waals surface area contributed by atoms with Gasteiger partial charge in [0.15, 0.2) is 0 Å². The average molecular weight is 322 g/mol. The minimum atomic E-state index is 0.715. The predicted octanol–water partition coefficient (Wildman–Crippen LogP) is 4.84. The molecule has 0 aromatic heterocycles. The van der Waals surface area contributed by atoms with Crippen molar-refractivity contribution in [2.75, 3.05) is 10.9 Å². The standard InChI is InChI=1S/C20H26N4/c1-13-7-9-19(15(3)11-13)23-21-17(5)18(6)22-24-20-10-8-14(2)12-16(20)4/h7-12,21,23-24H,5H2,1-4,6H3/b22-18-. The zero-order chi connectivity index (χ0) is 17.7. The van der Waals surface area contributed by atoms with Crippen LogP contribution < -0.4 is 16.3 Å². The monoisotopic (exact) mass is 322 g/mol. The number of aryl methyl sites for hydroxylation is 4. The Kier molecular flexibility index (Phi) is 5.64. The summed E-state index contributed by atoms with van der Waals surface area (Å²) in [7, 11) is 0. The second-order valence-corrected chi connectivity index (χ2v) is 6.17. The Labute approximate surface area is 144 Å². The Morgan fingerprint density at radius 3 is 1.96 bits per heavy atom. The average Bonchev–Trinajstić information content (AvgIpc) is 2.52. The lowest BCUT2D eigenvalue weighted by atomic mass is 10.1. The molecule has 126 valence electrons. The summed E-state index contributed by atoms with van der Waals surface area (Å²) in [4.78, 5) is 0. The molecule has 0 radical (unpaired) electrons. The Hall–Kier alpha value is -2.75. The van der Waals surface area contributed by atoms with Crippen molar-refractivity contribution in [2.24, 2.45) is 5.10 Å². The molecule has 2 aromatic carbocycles. The molecule has 0 saturated heterocycles. The Balaban J connectivity index is 1.96. The molecule has 0 fully saturated rings. The van der Waals surface area contributed by atoms with Crippen LogP contribution in [0.4, 0.5) is 11.4 Å². The molecule has 0 heterocycles. The van der Waals surface area contributed by atoms with E-state index in [9.17, 15) is 0 Å². The molecule has 2 aromatic rings. The first-order valence-corrected chi connectivity index (χ1v) is 8.03. The van der Waals surface area contributed by atoms with Crippen LogP contribution in [0.15, 0.2) is 53.8 Å². The van der Waals surface area contributed by atoms with E-state index in [1.807, 2.05) is 19.1 Å². The summed E-state index contributed by atoms with van der Waals surface area (Å²) in [6, 6.07) is 12.5. The fraction of sp³-hybridized carbons (Fsp3) is 0.250. The quantitative estimate of drug-likeness (QED) is 0.527. The van der Waals surface area contributed by atoms with Crippen LogP contribution in [0.1, 0.15) is 29.2 Å². The molecule has 0 amide bonds. The Morgan fingerprint density at radius 1 is 0.875 bits per heavy atom. The third-order valence-electron chi connectivity index (χ3n) is 3.89. The fourth-order valence-electron chi connectivity index (χ4n) is 2.34. The van der Waals surface area contributed by atoms with Gasteiger partial charge in [-0.1, -0.05) is 42.0 Å². The first-order valence-electron chi connectivity index (χ1n) is 8.03. The van der Waals surface area contributed by atoms with Crippen molar-refractivity contribution in [1.29, 1.82) is 0 Å². The number of hydrazone groups is 1. The Bertz CT molecular complexity index is 775. The van der Waals surface area contributed by atoms with Crippen LogP contribution in [-0.4, -0.2) is 5.71 Å². The third-order valence-corrected chi connectivity index (χ3v) is 3.89. The molecule has 4 nitrogen and oxygen atoms in total. The van der Waals surface area contributed by atoms with Crippen molar-refractivity contribution in [3.05, 3.63) is 70.9 Å². The van der Waals surface area contributed by atoms with Crippen LogP contribution in [-0.2, 0) is 0 Å². The van der Waals surface area contributed by atoms with Gasteiger partial charge in [0.05, 0.1) is 22.8 Å². The second-order valence-electron chi connectivity index (χ2n) is 6.17. The number of nitrogens with one attached hydrogen (secondary N) is 3. The molecule has 2 rings (SSSR count). The normalized spacial score (nSPS) is 11.1. The van der Waals surface area contributed by atoms with E-state index in [0.29, 0.717) is 5.70 Å². The summed E-state index contributed by atoms with van der Waals surface area (Å²) in [5.74, 6) is 0. The predicted molar refractivity (Wildman–Crippen MR) is 104 cm³/mol. The van der Waals surface area contributed by atoms with Crippen LogP contribution in [0.25, 0.3) is 0 Å². The molecule has 24 heavy (non-hydrogen) atoms. The van der Waals surface area contributed by atoms with E-state index in [2.05, 4.69) is 79.9 Å². The van der Waals surface area contributed by atoms with E-state index in [1.165, 1.54) is 22.3 Å². The molecule has 0 bridgehead atoms. The van der Waals surface area contributed by atoms with Crippen molar-refractivity contribution in [2.45, 2.75) is 34.6 Å². The molecule has 3 N–H and O–H groups in total. The summed E-state index contributed by atoms with van der Waals surface area (Å²) in [6.07, 6.45) is 0. The van der Waals surface area contributed by atoms with E-state index in [0.717, 1.165) is 17.1 Å². The number of hydrogen-bond acceptors (Lipinski definition) is 4. The van der Waals surface area contributed by atoms with Crippen molar-refractivity contribution >= 4 is 17.1 Å². The maximum atomic E-state index is 4.40. The highest BCUT2D eigenvalue weighted by molar-refractivity contribution is 5.97. The van der Waals surface area contributed by atoms with Gasteiger partial charge in [0.25, 0.3) is 0 Å². The van der Waals surface area contributed by atoms with E-state index in [4.69, 9.17) is 0 Å². The topological polar surface area (TPSA) is 48.5 Å². The minimum Gasteiger partial charge on any atom is -0.301 e. The van der Waals surface area contributed by atoms with Crippen molar-refractivity contribution in [1.82, 2.24) is 5.43 Å². The highest BCUT2D eigenvalue weighted by atomic mass is 15.4. The SMILES string of the molecule is C=C(NNc1ccc(C)cc1C)/C(C)=N\Nc1ccc(C)cc1C. The summed E-state index contributed by atoms with van der Waals surface area (Å²) in [5.41, 5.74) is 17.7. The maximum Gasteiger partial charge on any atom is 0.0818 e. The molecule has 0 atom stereocenters. The summed E-state index contributed by atoms with van der Waals surface area (Å²) in [6.45, 7) is 14.2. The molecule has 0 aliphatic rings. The van der Waals surface area contributed by atoms with E-state index >= 15 is 0 Å². The van der Waals surface area contributed by atoms with Gasteiger partial charge in [0.1, 0.15) is 0 Å². The lowest BCUT2D eigenvalue weighted by Crippen LogP contribution is -2.25. The molecular formula is C20H26N4. The highest BCUT2D eigenvalue weighted by Gasteiger charge is 2.02. The van der Waals surface area contributed by atoms with Gasteiger partial charge in [-0.05, 0) is 57.9 Å². The van der Waals surface area contributed by atoms with Crippen molar-refractivity contribution < 1.29 is 0 Å². The number of nitrogens with zero attached hydrogens (tertiary/aromatic N) is 1. The molecule has 0 spiro atoms. The largest absolute Gasteiger partial charge is 0.301 e. The smallest absolute Gasteiger partial charge is 0.0818 e. The Morgan fingerprint density at radius 2 is 1.42 bits per heavy atom. The molecule has 0 aliphatic carbocycles. The summed E-state index contributed by atoms with van der Waals surface area (Å²) >= 11 is 0. The van der Waals surface area contributed by atoms with Crippen LogP contribution in [0.3, 0.4) is 0 Å². The van der Waals surface area contributed by atoms with Crippen molar-refractivity contribution in [3.63, 3.8) is 0 Å². The number of benzene rings is 2. The van der Waals surface area contributed by atoms with Crippen LogP contribution >= 0.6 is 0 Å². The van der Waals surface area contributed by atoms with E-state index in [-0.39, 0.29) is 0 Å². The number of anilines is 2. The molecule has 0 saturated carbocycles. The minimum absolute atomic E-state index is 0.715. The molecule has 4 heteroatoms. The summed E-state index contributed by atoms with van der Waals surface area (Å²) < 4.78 is 0. The van der Waals surface area contributed by atoms with Gasteiger partial charge >= 0.3 is 0 Å². The van der Waals surface area contributed by atoms with E-state index < -0.39 is 0 Å². The lowest BCUT2D eigenvalue weighted by molar-refractivity contribution is 1.01. The van der Waals surface area contributed by atoms with Crippen LogP contribution in [0, 0.1) is 27.7 Å². The number of hydrazine groups is 1. The number of allylic oxidation sites excluding steroid dienone is 1. The molecule has 0 unspecified atom stereocenters. The maximum absolute atomic E-state index is 4.40. The molecular weight excluding hydrogens is 296 g/mol. The first kappa shape index (κ1) is 17.6. The van der Waals surface area contributed by atoms with E-state index in [1.54, 1.807) is 0 Å². The second kappa shape index (κ2) is 7.68. The van der Waals surface area contributed by atoms with Crippen LogP contribution in [0.5, 0.6) is 0 Å². The van der Waals surface area contributed by atoms with Gasteiger partial charge in [0.2, 0.25) is 0 Å². The van der Waals surface area contributed by atoms with Crippen LogP contribution in [0.2, 0.25) is 0 Å². The molecule has 0 aliphatic heterocycles. The fourth-order valence-corrected chi connectivity index (χ4v) is 2.34. The number of rotatable bonds is 6. The van der Waals surface area contributed by atoms with Gasteiger partial charge in [-0.25, -0.2) is 0 Å². The highest BCUT2D eigenvalue weighted by Crippen LogP contribution is 2.17. The zero-order valence-corrected chi connectivity index (χ0v) is 15.1. The number of hydrogen-bond donors (Lipinski definition) is 3. The zero-order valence-electron chi connectivity index (χ0n) is 15.1. The summed E-state index contributed by atoms with van der Waals surface area (Å²) in [5, 5.41) is 4.40. The van der Waals surface area contributed by atoms with Gasteiger partial charge in [-0.15, -0.1) is 0 Å². The van der Waals surface area contributed by atoms with Gasteiger partial charge in [-0.3, -0.25) is 10.9 Å². The lowest BCUT2D eigenvalue weighted by Gasteiger charge is -2.14. The van der Waals surface area contributed by atoms with Gasteiger partial charge in [0, 0.05) is 0 Å². The van der Waals surface area contributed by atoms with Gasteiger partial charge < -0.3 is 5.43 Å². The van der Waals surface area contributed by atoms with Gasteiger partial charge in [-0.2, -0.15) is 5.10 Å². The third kappa shape index (κ3) is 4.62. The first-order chi connectivity index (χ1) is 11.4. The van der Waals surface area contributed by atoms with Crippen molar-refractivity contribution in [3.8, 4) is 0 Å².